The van der Waals surface area contributed by atoms with Crippen LogP contribution >= 0.6 is 97.0 Å². The summed E-state index contributed by atoms with van der Waals surface area (Å²) in [6.07, 6.45) is -19.2. The number of nitrogens with two attached hydrogens (primary N) is 2. The van der Waals surface area contributed by atoms with Gasteiger partial charge >= 0.3 is 67.8 Å². The van der Waals surface area contributed by atoms with E-state index in [4.69, 9.17) is 166 Å². The van der Waals surface area contributed by atoms with Crippen LogP contribution in [0, 0.1) is 12.7 Å². The average Bonchev–Trinajstić information content (AvgIpc) is 1.59. The van der Waals surface area contributed by atoms with Crippen molar-refractivity contribution < 1.29 is 156 Å². The number of aromatic nitrogens is 12. The van der Waals surface area contributed by atoms with Crippen LogP contribution in [-0.2, 0) is 115 Å². The van der Waals surface area contributed by atoms with Crippen LogP contribution in [0.5, 0.6) is 11.6 Å². The number of esters is 1. The highest BCUT2D eigenvalue weighted by molar-refractivity contribution is 7.52. The number of ether oxygens (including phenoxy) is 7. The molecule has 0 radical (unpaired) electrons. The van der Waals surface area contributed by atoms with Gasteiger partial charge in [-0.1, -0.05) is 76.2 Å². The Morgan fingerprint density at radius 1 is 0.561 bits per heavy atom. The van der Waals surface area contributed by atoms with Crippen molar-refractivity contribution >= 4 is 126 Å². The second-order valence-corrected chi connectivity index (χ2v) is 43.4. The summed E-state index contributed by atoms with van der Waals surface area (Å²) >= 11 is 29.8. The fourth-order valence-corrected chi connectivity index (χ4v) is 23.8. The molecule has 7 aromatic rings. The quantitative estimate of drug-likeness (QED) is 0.0128. The molecule has 26 atom stereocenters. The number of nitrogen functional groups attached to an aromatic ring is 2. The molecule has 9 N–H and O–H groups in total. The first-order chi connectivity index (χ1) is 64.6. The second-order valence-electron chi connectivity index (χ2n) is 32.5. The number of carbonyl (C=O) groups excluding carboxylic acids is 1. The molecule has 139 heavy (non-hydrogen) atoms. The highest BCUT2D eigenvalue weighted by Gasteiger charge is 2.69. The van der Waals surface area contributed by atoms with Crippen molar-refractivity contribution in [2.75, 3.05) is 51.1 Å². The third-order valence-electron chi connectivity index (χ3n) is 19.9. The van der Waals surface area contributed by atoms with Crippen molar-refractivity contribution in [2.24, 2.45) is 0 Å². The van der Waals surface area contributed by atoms with Crippen LogP contribution in [-0.4, -0.2) is 232 Å². The number of nitrogens with zero attached hydrogens (tertiary/aromatic N) is 9. The Morgan fingerprint density at radius 2 is 0.978 bits per heavy atom. The Labute approximate surface area is 805 Å². The van der Waals surface area contributed by atoms with Gasteiger partial charge in [0, 0.05) is 30.2 Å². The first-order valence-corrected chi connectivity index (χ1v) is 50.8. The molecule has 0 saturated carbocycles. The minimum atomic E-state index is -4.34. The molecule has 66 heteroatoms. The van der Waals surface area contributed by atoms with Gasteiger partial charge in [-0.3, -0.25) is 116 Å². The van der Waals surface area contributed by atoms with Gasteiger partial charge in [-0.05, 0) is 108 Å². The van der Waals surface area contributed by atoms with E-state index >= 15 is 22.0 Å². The number of aryl methyl sites for hydroxylation is 1. The van der Waals surface area contributed by atoms with Crippen LogP contribution in [0.4, 0.5) is 38.1 Å². The van der Waals surface area contributed by atoms with E-state index < -0.39 is 251 Å². The molecule has 6 unspecified atom stereocenters. The number of benzene rings is 1. The Hall–Kier alpha value is -7.26. The van der Waals surface area contributed by atoms with Crippen molar-refractivity contribution in [1.29, 1.82) is 0 Å². The van der Waals surface area contributed by atoms with Crippen LogP contribution in [0.1, 0.15) is 120 Å². The fraction of sp³-hybridized carbons (Fsp3) is 0.616. The molecule has 15 heterocycles. The van der Waals surface area contributed by atoms with E-state index in [1.54, 1.807) is 99.3 Å². The molecule has 0 aliphatic carbocycles. The van der Waals surface area contributed by atoms with Crippen molar-refractivity contribution in [3.05, 3.63) is 158 Å². The lowest BCUT2D eigenvalue weighted by Gasteiger charge is -2.33. The molecule has 1 aromatic carbocycles. The minimum absolute atomic E-state index is 0.0277. The normalized spacial score (nSPS) is 34.5. The van der Waals surface area contributed by atoms with Crippen molar-refractivity contribution in [2.45, 2.75) is 244 Å². The second kappa shape index (κ2) is 43.2. The molecule has 9 saturated heterocycles. The SMILES string of the molecule is CC(C)OP1(=O)OC[C@H]2O[C@@H](n3cc(F)c(=O)[nH]c3=O)[C@@](F)(Cl)[C@@H]2O1.CC(C)OP1(=O)OC[C@H]2O[C@@H](n3ccc(=O)[nH]c3=O)[C@@](F)(Cl)[C@@H]2O1.CC(C)OP1(=O)OC[C@H]2O[C@@H](n3ccc(N)nc3=O)[C@@](F)(Cl)[C@@H]2O1.CCOc1nc(N)nc2c1ncn2[C@@H]1O[C@H](COP(=O)(NC(C)C(=O)OC(C)C)Oc2ccccc2)[C@@H](O)[C@@]1(F)Cl.Cc1cn([C@@H]2O[C@@H]3COP(=O)(OC(C)C)O[C@H]3[C@]2(F)Cl)c(=O)[nH]c1=O. The molecule has 0 spiro atoms. The summed E-state index contributed by atoms with van der Waals surface area (Å²) in [7, 11) is -20.4. The summed E-state index contributed by atoms with van der Waals surface area (Å²) in [5.41, 5.74) is 5.24. The van der Waals surface area contributed by atoms with E-state index in [1.807, 2.05) is 9.97 Å². The summed E-state index contributed by atoms with van der Waals surface area (Å²) in [4.78, 5) is 115. The van der Waals surface area contributed by atoms with Crippen molar-refractivity contribution in [1.82, 2.24) is 62.8 Å². The number of imidazole rings is 1. The highest BCUT2D eigenvalue weighted by atomic mass is 35.5. The van der Waals surface area contributed by atoms with E-state index in [0.29, 0.717) is 10.8 Å². The number of fused-ring (bicyclic) bond motifs is 5. The third-order valence-corrected chi connectivity index (χ3v) is 30.0. The number of aliphatic hydroxyl groups is 1. The van der Waals surface area contributed by atoms with E-state index in [1.165, 1.54) is 44.6 Å². The molecule has 0 bridgehead atoms. The smallest absolute Gasteiger partial charge is 0.475 e. The number of nitrogens with one attached hydrogen (secondary N) is 4. The number of aliphatic hydroxyl groups excluding tert-OH is 1. The summed E-state index contributed by atoms with van der Waals surface area (Å²) < 4.78 is 267. The number of hydrogen-bond acceptors (Lipinski definition) is 41. The Morgan fingerprint density at radius 3 is 1.41 bits per heavy atom. The van der Waals surface area contributed by atoms with Crippen LogP contribution in [0.3, 0.4) is 0 Å². The van der Waals surface area contributed by atoms with Gasteiger partial charge in [0.1, 0.15) is 54.2 Å². The number of phosphoric acid groups is 4. The molecule has 9 aliphatic heterocycles. The van der Waals surface area contributed by atoms with Crippen molar-refractivity contribution in [3.63, 3.8) is 0 Å². The molecular formula is C73H93Cl5F6N15O35P5. The molecule has 0 amide bonds. The number of H-pyrrole nitrogens is 3. The van der Waals surface area contributed by atoms with Crippen LogP contribution in [0.15, 0.2) is 107 Å². The zero-order valence-electron chi connectivity index (χ0n) is 74.7. The Bertz CT molecular complexity index is 6200. The maximum atomic E-state index is 15.8. The van der Waals surface area contributed by atoms with E-state index in [-0.39, 0.29) is 73.2 Å². The molecule has 772 valence electrons. The number of carbonyl (C=O) groups is 1. The maximum absolute atomic E-state index is 15.8. The zero-order chi connectivity index (χ0) is 102. The van der Waals surface area contributed by atoms with Crippen LogP contribution < -0.4 is 65.3 Å². The van der Waals surface area contributed by atoms with Gasteiger partial charge < -0.3 is 54.3 Å². The van der Waals surface area contributed by atoms with E-state index in [9.17, 15) is 70.7 Å². The van der Waals surface area contributed by atoms with Gasteiger partial charge in [0.25, 0.3) is 42.3 Å². The largest absolute Gasteiger partial charge is 0.476 e. The number of hydrogen-bond donors (Lipinski definition) is 7. The lowest BCUT2D eigenvalue weighted by Crippen LogP contribution is -2.45. The van der Waals surface area contributed by atoms with Gasteiger partial charge in [-0.25, -0.2) is 68.9 Å². The average molecular weight is 2190 g/mol. The number of alkyl halides is 10. The molecule has 9 aliphatic rings. The Kier molecular flexibility index (Phi) is 34.3. The first kappa shape index (κ1) is 111. The lowest BCUT2D eigenvalue weighted by molar-refractivity contribution is -0.149. The molecule has 9 fully saturated rings. The molecule has 50 nitrogen and oxygen atoms in total. The van der Waals surface area contributed by atoms with Gasteiger partial charge in [0.05, 0.1) is 82.7 Å². The summed E-state index contributed by atoms with van der Waals surface area (Å²) in [6.45, 7) is 19.1. The number of rotatable bonds is 24. The van der Waals surface area contributed by atoms with E-state index in [2.05, 4.69) is 25.0 Å². The number of phosphoric ester groups is 4. The first-order valence-electron chi connectivity index (χ1n) is 41.5. The topological polar surface area (TPSA) is 624 Å². The summed E-state index contributed by atoms with van der Waals surface area (Å²) in [5, 5.41) is -0.702. The predicted octanol–water partition coefficient (Wildman–Crippen LogP) is 8.99. The fourth-order valence-electron chi connectivity index (χ4n) is 14.1. The van der Waals surface area contributed by atoms with Crippen LogP contribution in [0.25, 0.3) is 11.2 Å². The summed E-state index contributed by atoms with van der Waals surface area (Å²) in [6, 6.07) is 9.22. The Balaban J connectivity index is 0.000000159. The number of para-hydroxylation sites is 1. The predicted molar refractivity (Wildman–Crippen MR) is 470 cm³/mol. The highest BCUT2D eigenvalue weighted by Crippen LogP contribution is 2.66. The monoisotopic (exact) mass is 2180 g/mol. The minimum Gasteiger partial charge on any atom is -0.476 e. The van der Waals surface area contributed by atoms with Crippen molar-refractivity contribution in [3.8, 4) is 11.6 Å². The molecule has 6 aromatic heterocycles. The molecule has 16 rings (SSSR count). The number of aromatic amines is 3. The van der Waals surface area contributed by atoms with Gasteiger partial charge in [-0.2, -0.15) is 24.4 Å². The number of anilines is 2. The maximum Gasteiger partial charge on any atom is 0.475 e. The summed E-state index contributed by atoms with van der Waals surface area (Å²) in [5.74, 6) is -2.02. The standard InChI is InChI=1S/C24H31ClFN6O8P.C13H17ClFN2O7P.C12H14ClF2N2O7P.C12H16ClFN3O6P.C12H15ClFN2O7P/c1-5-36-20-17-19(29-23(27)30-20)32(12-28-17)22-24(25,26)18(33)16(39-22)11-37-41(35,40-15-9-7-6-8-10-15)31-14(4)21(34)38-13(2)3;1-6(2)23-25(20)21-5-8-9(24-25)13(14,15)11(22-8)17-4-7(3)10(18)16-12(17)19;1-5(2)23-25(20)21-4-7-8(24-25)12(13,15)10(22-7)17-3-6(14)9(18)16-11(17)19;1-6(2)22-24(19)20-5-7-9(23-24)12(13,14)10(21-7)17-4-3-8(15)16-11(17)18;1-6(2)22-24(19)20-5-7-9(23-24)12(13,14)10(21-7)16-4-3-8(17)15-11(16)18/h6-10,12-14,16,18,22,33H,5,11H2,1-4H3,(H,31,35)(H2,27,29,30);4,6,8-9,11H,5H2,1-3H3,(H,16,18,19);3,5,7-8,10H,4H2,1-2H3,(H,16,18,19);3-4,6-7,9-10H,5H2,1-2H3,(H2,15,16,18);3-4,6-7,9-10H,5H2,1-2H3,(H,15,17,18)/t14?,16-,18-,22-,24+,41?;8-,9-,11-,13-,25?;7-,8-,10-,12-,25?;2*7-,9-,10-,12-,24?/m11111/s1. The lowest BCUT2D eigenvalue weighted by atomic mass is 10.1. The third kappa shape index (κ3) is 24.9. The van der Waals surface area contributed by atoms with E-state index in [0.717, 1.165) is 36.7 Å². The molecular weight excluding hydrogens is 2090 g/mol. The van der Waals surface area contributed by atoms with Crippen LogP contribution in [0.2, 0.25) is 0 Å². The number of halogens is 11. The zero-order valence-corrected chi connectivity index (χ0v) is 82.9. The van der Waals surface area contributed by atoms with Gasteiger partial charge in [0.15, 0.2) is 66.7 Å². The van der Waals surface area contributed by atoms with Gasteiger partial charge in [0.2, 0.25) is 17.6 Å². The van der Waals surface area contributed by atoms with Gasteiger partial charge in [-0.15, -0.1) is 0 Å².